The van der Waals surface area contributed by atoms with E-state index in [0.717, 1.165) is 16.5 Å². The largest absolute Gasteiger partial charge is 0.457 e. The van der Waals surface area contributed by atoms with Crippen molar-refractivity contribution in [3.63, 3.8) is 0 Å². The van der Waals surface area contributed by atoms with E-state index in [0.29, 0.717) is 23.3 Å². The van der Waals surface area contributed by atoms with Crippen LogP contribution in [0.4, 0.5) is 4.79 Å². The number of aromatic nitrogens is 2. The van der Waals surface area contributed by atoms with Gasteiger partial charge in [-0.15, -0.1) is 0 Å². The van der Waals surface area contributed by atoms with Crippen molar-refractivity contribution in [1.29, 1.82) is 0 Å². The number of esters is 1. The van der Waals surface area contributed by atoms with Crippen LogP contribution in [-0.4, -0.2) is 52.5 Å². The first-order valence-electron chi connectivity index (χ1n) is 12.6. The molecule has 0 aliphatic carbocycles. The highest BCUT2D eigenvalue weighted by atomic mass is 35.5. The number of para-hydroxylation sites is 1. The lowest BCUT2D eigenvalue weighted by atomic mass is 9.85. The van der Waals surface area contributed by atoms with Gasteiger partial charge in [0, 0.05) is 40.7 Å². The molecular weight excluding hydrogens is 546 g/mol. The predicted octanol–water partition coefficient (Wildman–Crippen LogP) is 3.68. The van der Waals surface area contributed by atoms with Crippen LogP contribution in [-0.2, 0) is 49.5 Å². The second kappa shape index (κ2) is 9.72. The number of sulfonamides is 1. The highest BCUT2D eigenvalue weighted by Gasteiger charge is 2.50. The Kier molecular flexibility index (Phi) is 6.80. The number of carbonyl (C=O) groups excluding carboxylic acids is 2. The van der Waals surface area contributed by atoms with Gasteiger partial charge in [-0.25, -0.2) is 23.0 Å². The molecule has 3 aromatic rings. The molecule has 10 nitrogen and oxygen atoms in total. The van der Waals surface area contributed by atoms with Crippen LogP contribution >= 0.6 is 11.6 Å². The smallest absolute Gasteiger partial charge is 0.405 e. The lowest BCUT2D eigenvalue weighted by Crippen LogP contribution is -2.46. The van der Waals surface area contributed by atoms with Crippen molar-refractivity contribution in [2.45, 2.75) is 58.4 Å². The summed E-state index contributed by atoms with van der Waals surface area (Å²) < 4.78 is 38.5. The fourth-order valence-corrected chi connectivity index (χ4v) is 7.04. The second-order valence-corrected chi connectivity index (χ2v) is 12.3. The number of halogens is 1. The monoisotopic (exact) mass is 573 g/mol. The molecule has 1 aromatic carbocycles. The standard InChI is InChI=1S/C27H28ClN3O7S/c1-5-27(38-26(28)34)20-12-22-23-18(13-30(22)24(32)19(20)14-37-25(27)33)16(17-8-6-7-9-21(17)29-23)10-11-31(15(2)3)39(4,35)36/h6-9,12,15H,5,10-11,13-14H2,1-4H3/t27-/m0/s1. The maximum atomic E-state index is 13.7. The molecular formula is C27H28ClN3O7S. The third-order valence-electron chi connectivity index (χ3n) is 7.52. The van der Waals surface area contributed by atoms with Crippen LogP contribution in [0, 0.1) is 0 Å². The van der Waals surface area contributed by atoms with Gasteiger partial charge >= 0.3 is 11.4 Å². The van der Waals surface area contributed by atoms with E-state index in [9.17, 15) is 22.8 Å². The Balaban J connectivity index is 1.71. The van der Waals surface area contributed by atoms with Crippen molar-refractivity contribution in [3.8, 4) is 11.4 Å². The molecule has 2 aromatic heterocycles. The number of rotatable bonds is 7. The Hall–Kier alpha value is -3.28. The Morgan fingerprint density at radius 1 is 1.26 bits per heavy atom. The first kappa shape index (κ1) is 27.3. The molecule has 0 radical (unpaired) electrons. The second-order valence-electron chi connectivity index (χ2n) is 10.1. The molecule has 0 saturated carbocycles. The molecule has 5 rings (SSSR count). The summed E-state index contributed by atoms with van der Waals surface area (Å²) in [7, 11) is -3.44. The molecule has 39 heavy (non-hydrogen) atoms. The van der Waals surface area contributed by atoms with E-state index in [-0.39, 0.29) is 48.8 Å². The van der Waals surface area contributed by atoms with Crippen molar-refractivity contribution in [3.05, 3.63) is 62.9 Å². The van der Waals surface area contributed by atoms with E-state index in [4.69, 9.17) is 26.1 Å². The molecule has 206 valence electrons. The number of hydrogen-bond donors (Lipinski definition) is 0. The van der Waals surface area contributed by atoms with E-state index in [2.05, 4.69) is 0 Å². The minimum atomic E-state index is -3.44. The molecule has 2 aliphatic rings. The van der Waals surface area contributed by atoms with Gasteiger partial charge in [-0.05, 0) is 44.4 Å². The van der Waals surface area contributed by atoms with Gasteiger partial charge in [-0.2, -0.15) is 4.31 Å². The van der Waals surface area contributed by atoms with Crippen LogP contribution < -0.4 is 5.56 Å². The van der Waals surface area contributed by atoms with Gasteiger partial charge < -0.3 is 14.0 Å². The average Bonchev–Trinajstić information content (AvgIpc) is 3.23. The maximum Gasteiger partial charge on any atom is 0.405 e. The van der Waals surface area contributed by atoms with E-state index < -0.39 is 27.0 Å². The van der Waals surface area contributed by atoms with Gasteiger partial charge in [-0.1, -0.05) is 25.1 Å². The Bertz CT molecular complexity index is 1700. The zero-order chi connectivity index (χ0) is 28.3. The van der Waals surface area contributed by atoms with Crippen LogP contribution in [0.15, 0.2) is 35.1 Å². The molecule has 0 amide bonds. The van der Waals surface area contributed by atoms with Crippen molar-refractivity contribution >= 4 is 43.9 Å². The molecule has 0 saturated heterocycles. The summed E-state index contributed by atoms with van der Waals surface area (Å²) >= 11 is 5.54. The van der Waals surface area contributed by atoms with Gasteiger partial charge in [0.05, 0.1) is 35.3 Å². The lowest BCUT2D eigenvalue weighted by molar-refractivity contribution is -0.171. The number of nitrogens with zero attached hydrogens (tertiary/aromatic N) is 3. The summed E-state index contributed by atoms with van der Waals surface area (Å²) in [6, 6.07) is 8.98. The summed E-state index contributed by atoms with van der Waals surface area (Å²) in [6.07, 6.45) is 1.61. The van der Waals surface area contributed by atoms with Crippen molar-refractivity contribution in [1.82, 2.24) is 13.9 Å². The zero-order valence-corrected chi connectivity index (χ0v) is 23.6. The molecule has 0 fully saturated rings. The molecule has 0 N–H and O–H groups in total. The van der Waals surface area contributed by atoms with E-state index >= 15 is 0 Å². The Labute approximate surface area is 230 Å². The van der Waals surface area contributed by atoms with Crippen molar-refractivity contribution < 1.29 is 27.5 Å². The predicted molar refractivity (Wildman–Crippen MR) is 145 cm³/mol. The van der Waals surface area contributed by atoms with Crippen LogP contribution in [0.5, 0.6) is 0 Å². The van der Waals surface area contributed by atoms with E-state index in [1.165, 1.54) is 10.6 Å². The number of pyridine rings is 2. The van der Waals surface area contributed by atoms with Crippen molar-refractivity contribution in [2.24, 2.45) is 0 Å². The maximum absolute atomic E-state index is 13.7. The number of cyclic esters (lactones) is 1. The average molecular weight is 574 g/mol. The molecule has 2 aliphatic heterocycles. The summed E-state index contributed by atoms with van der Waals surface area (Å²) in [4.78, 5) is 43.3. The SMILES string of the molecule is CC[C@@]1(OC(=O)Cl)C(=O)OCc2c1cc1n(c2=O)Cc2c-1nc1ccccc1c2CCN(C(C)C)S(C)(=O)=O. The van der Waals surface area contributed by atoms with Crippen LogP contribution in [0.2, 0.25) is 0 Å². The van der Waals surface area contributed by atoms with Gasteiger partial charge in [0.25, 0.3) is 5.56 Å². The van der Waals surface area contributed by atoms with Gasteiger partial charge in [0.15, 0.2) is 0 Å². The van der Waals surface area contributed by atoms with Gasteiger partial charge in [0.1, 0.15) is 6.61 Å². The summed E-state index contributed by atoms with van der Waals surface area (Å²) in [5.74, 6) is -0.796. The third-order valence-corrected chi connectivity index (χ3v) is 9.05. The molecule has 0 bridgehead atoms. The first-order valence-corrected chi connectivity index (χ1v) is 14.8. The fourth-order valence-electron chi connectivity index (χ4n) is 5.72. The van der Waals surface area contributed by atoms with E-state index in [1.807, 2.05) is 38.1 Å². The number of hydrogen-bond acceptors (Lipinski definition) is 8. The highest BCUT2D eigenvalue weighted by molar-refractivity contribution is 7.88. The third kappa shape index (κ3) is 4.42. The minimum Gasteiger partial charge on any atom is -0.457 e. The summed E-state index contributed by atoms with van der Waals surface area (Å²) in [5.41, 5.74) is 0.439. The minimum absolute atomic E-state index is 0.0139. The molecule has 4 heterocycles. The van der Waals surface area contributed by atoms with Gasteiger partial charge in [0.2, 0.25) is 15.6 Å². The highest BCUT2D eigenvalue weighted by Crippen LogP contribution is 2.42. The molecule has 12 heteroatoms. The molecule has 1 atom stereocenters. The zero-order valence-electron chi connectivity index (χ0n) is 22.0. The van der Waals surface area contributed by atoms with Crippen LogP contribution in [0.3, 0.4) is 0 Å². The number of ether oxygens (including phenoxy) is 2. The number of carbonyl (C=O) groups is 2. The topological polar surface area (TPSA) is 125 Å². The quantitative estimate of drug-likeness (QED) is 0.242. The normalized spacial score (nSPS) is 18.2. The van der Waals surface area contributed by atoms with E-state index in [1.54, 1.807) is 17.6 Å². The van der Waals surface area contributed by atoms with Crippen molar-refractivity contribution in [2.75, 3.05) is 12.8 Å². The fraction of sp³-hybridized carbons (Fsp3) is 0.407. The molecule has 0 spiro atoms. The Morgan fingerprint density at radius 2 is 1.97 bits per heavy atom. The number of fused-ring (bicyclic) bond motifs is 5. The number of benzene rings is 1. The molecule has 0 unspecified atom stereocenters. The Morgan fingerprint density at radius 3 is 2.62 bits per heavy atom. The first-order chi connectivity index (χ1) is 18.4. The van der Waals surface area contributed by atoms with Crippen LogP contribution in [0.25, 0.3) is 22.3 Å². The lowest BCUT2D eigenvalue weighted by Gasteiger charge is -2.34. The van der Waals surface area contributed by atoms with Gasteiger partial charge in [-0.3, -0.25) is 4.79 Å². The summed E-state index contributed by atoms with van der Waals surface area (Å²) in [5, 5.41) is 0.872. The summed E-state index contributed by atoms with van der Waals surface area (Å²) in [6.45, 7) is 5.50. The van der Waals surface area contributed by atoms with Crippen LogP contribution in [0.1, 0.15) is 49.4 Å².